The van der Waals surface area contributed by atoms with Gasteiger partial charge >= 0.3 is 0 Å². The van der Waals surface area contributed by atoms with Crippen molar-refractivity contribution < 1.29 is 33.6 Å². The van der Waals surface area contributed by atoms with Crippen LogP contribution in [0, 0.1) is 0 Å². The van der Waals surface area contributed by atoms with Gasteiger partial charge in [-0.05, 0) is 35.9 Å². The van der Waals surface area contributed by atoms with Gasteiger partial charge in [-0.25, -0.2) is 0 Å². The minimum absolute atomic E-state index is 0.0106. The zero-order chi connectivity index (χ0) is 20.7. The molecule has 150 valence electrons. The molecule has 2 heterocycles. The summed E-state index contributed by atoms with van der Waals surface area (Å²) in [5, 5.41) is 10.9. The largest absolute Gasteiger partial charge is 0.507 e. The number of ketones is 1. The normalized spacial score (nSPS) is 19.6. The van der Waals surface area contributed by atoms with Gasteiger partial charge in [-0.2, -0.15) is 0 Å². The number of amides is 1. The van der Waals surface area contributed by atoms with Gasteiger partial charge in [-0.3, -0.25) is 9.59 Å². The molecule has 0 radical (unpaired) electrons. The van der Waals surface area contributed by atoms with Gasteiger partial charge in [0.25, 0.3) is 11.7 Å². The van der Waals surface area contributed by atoms with Gasteiger partial charge < -0.3 is 29.0 Å². The summed E-state index contributed by atoms with van der Waals surface area (Å²) < 4.78 is 21.2. The molecule has 1 fully saturated rings. The van der Waals surface area contributed by atoms with Crippen LogP contribution in [0.5, 0.6) is 23.0 Å². The van der Waals surface area contributed by atoms with Crippen LogP contribution in [0.2, 0.25) is 0 Å². The van der Waals surface area contributed by atoms with Crippen molar-refractivity contribution in [2.45, 2.75) is 6.04 Å². The summed E-state index contributed by atoms with van der Waals surface area (Å²) in [7, 11) is 4.53. The number of aliphatic hydroxyl groups excluding tert-OH is 1. The Labute approximate surface area is 166 Å². The number of hydrogen-bond acceptors (Lipinski definition) is 7. The molecular weight excluding hydrogens is 378 g/mol. The minimum atomic E-state index is -0.778. The lowest BCUT2D eigenvalue weighted by atomic mass is 9.95. The molecule has 1 saturated heterocycles. The summed E-state index contributed by atoms with van der Waals surface area (Å²) in [4.78, 5) is 26.4. The molecular formula is C21H19NO7. The fourth-order valence-corrected chi connectivity index (χ4v) is 3.56. The van der Waals surface area contributed by atoms with Crippen molar-refractivity contribution >= 4 is 17.4 Å². The summed E-state index contributed by atoms with van der Waals surface area (Å²) in [6.07, 6.45) is 0. The lowest BCUT2D eigenvalue weighted by Crippen LogP contribution is -2.24. The van der Waals surface area contributed by atoms with E-state index in [1.807, 2.05) is 0 Å². The molecule has 2 aromatic carbocycles. The number of rotatable bonds is 4. The number of ether oxygens (including phenoxy) is 4. The van der Waals surface area contributed by atoms with Crippen molar-refractivity contribution in [3.8, 4) is 23.0 Å². The van der Waals surface area contributed by atoms with E-state index in [1.165, 1.54) is 26.2 Å². The van der Waals surface area contributed by atoms with Crippen molar-refractivity contribution in [1.82, 2.24) is 4.90 Å². The number of carbonyl (C=O) groups excluding carboxylic acids is 2. The Morgan fingerprint density at radius 3 is 2.48 bits per heavy atom. The van der Waals surface area contributed by atoms with Gasteiger partial charge in [0.2, 0.25) is 6.79 Å². The van der Waals surface area contributed by atoms with Crippen molar-refractivity contribution in [3.63, 3.8) is 0 Å². The van der Waals surface area contributed by atoms with Gasteiger partial charge in [0, 0.05) is 12.6 Å². The molecule has 0 bridgehead atoms. The quantitative estimate of drug-likeness (QED) is 0.481. The molecule has 4 rings (SSSR count). The third-order valence-corrected chi connectivity index (χ3v) is 5.04. The van der Waals surface area contributed by atoms with E-state index in [0.717, 1.165) is 0 Å². The van der Waals surface area contributed by atoms with E-state index < -0.39 is 17.7 Å². The second kappa shape index (κ2) is 7.05. The number of aliphatic hydroxyl groups is 1. The van der Waals surface area contributed by atoms with E-state index in [0.29, 0.717) is 34.1 Å². The van der Waals surface area contributed by atoms with Gasteiger partial charge in [-0.1, -0.05) is 6.07 Å². The number of carbonyl (C=O) groups is 2. The number of likely N-dealkylation sites (N-methyl/N-ethyl adjacent to an activating group) is 1. The maximum Gasteiger partial charge on any atom is 0.295 e. The highest BCUT2D eigenvalue weighted by atomic mass is 16.7. The molecule has 2 aliphatic heterocycles. The molecule has 8 nitrogen and oxygen atoms in total. The highest BCUT2D eigenvalue weighted by molar-refractivity contribution is 6.46. The van der Waals surface area contributed by atoms with Crippen LogP contribution in [0.3, 0.4) is 0 Å². The summed E-state index contributed by atoms with van der Waals surface area (Å²) in [6, 6.07) is 9.14. The first-order chi connectivity index (χ1) is 14.0. The third kappa shape index (κ3) is 2.93. The van der Waals surface area contributed by atoms with Gasteiger partial charge in [0.15, 0.2) is 23.0 Å². The highest BCUT2D eigenvalue weighted by Gasteiger charge is 2.44. The predicted molar refractivity (Wildman–Crippen MR) is 102 cm³/mol. The van der Waals surface area contributed by atoms with Crippen LogP contribution in [0.4, 0.5) is 0 Å². The molecule has 1 N–H and O–H groups in total. The summed E-state index contributed by atoms with van der Waals surface area (Å²) in [5.74, 6) is 0.226. The smallest absolute Gasteiger partial charge is 0.295 e. The number of fused-ring (bicyclic) bond motifs is 1. The predicted octanol–water partition coefficient (Wildman–Crippen LogP) is 2.48. The molecule has 0 aliphatic carbocycles. The van der Waals surface area contributed by atoms with Crippen LogP contribution in [-0.4, -0.2) is 49.8 Å². The standard InChI is InChI=1S/C21H19NO7/c1-22-18(11-4-6-13(26-2)15(8-11)27-3)17(20(24)21(22)25)19(23)12-5-7-14-16(9-12)29-10-28-14/h4-9,18,23H,10H2,1-3H3/b19-17+. The molecule has 29 heavy (non-hydrogen) atoms. The number of benzene rings is 2. The van der Waals surface area contributed by atoms with E-state index in [-0.39, 0.29) is 18.1 Å². The van der Waals surface area contributed by atoms with Gasteiger partial charge in [-0.15, -0.1) is 0 Å². The molecule has 1 amide bonds. The number of methoxy groups -OCH3 is 2. The maximum atomic E-state index is 12.7. The number of hydrogen-bond donors (Lipinski definition) is 1. The van der Waals surface area contributed by atoms with Gasteiger partial charge in [0.05, 0.1) is 25.8 Å². The Balaban J connectivity index is 1.85. The monoisotopic (exact) mass is 397 g/mol. The summed E-state index contributed by atoms with van der Waals surface area (Å²) >= 11 is 0. The second-order valence-electron chi connectivity index (χ2n) is 6.59. The minimum Gasteiger partial charge on any atom is -0.507 e. The fraction of sp³-hybridized carbons (Fsp3) is 0.238. The summed E-state index contributed by atoms with van der Waals surface area (Å²) in [6.45, 7) is 0.0878. The van der Waals surface area contributed by atoms with Crippen LogP contribution in [0.15, 0.2) is 42.0 Å². The first kappa shape index (κ1) is 18.7. The van der Waals surface area contributed by atoms with Crippen molar-refractivity contribution in [3.05, 3.63) is 53.1 Å². The molecule has 0 saturated carbocycles. The lowest BCUT2D eigenvalue weighted by Gasteiger charge is -2.22. The average Bonchev–Trinajstić information content (AvgIpc) is 3.30. The van der Waals surface area contributed by atoms with Crippen LogP contribution < -0.4 is 18.9 Å². The molecule has 2 aliphatic rings. The van der Waals surface area contributed by atoms with E-state index >= 15 is 0 Å². The molecule has 1 unspecified atom stereocenters. The Kier molecular flexibility index (Phi) is 4.54. The van der Waals surface area contributed by atoms with E-state index in [9.17, 15) is 14.7 Å². The van der Waals surface area contributed by atoms with Crippen LogP contribution in [-0.2, 0) is 9.59 Å². The second-order valence-corrected chi connectivity index (χ2v) is 6.59. The number of Topliss-reactive ketones (excluding diaryl/α,β-unsaturated/α-hetero) is 1. The van der Waals surface area contributed by atoms with E-state index in [4.69, 9.17) is 18.9 Å². The molecule has 2 aromatic rings. The highest BCUT2D eigenvalue weighted by Crippen LogP contribution is 2.42. The van der Waals surface area contributed by atoms with Gasteiger partial charge in [0.1, 0.15) is 5.76 Å². The first-order valence-corrected chi connectivity index (χ1v) is 8.82. The fourth-order valence-electron chi connectivity index (χ4n) is 3.56. The van der Waals surface area contributed by atoms with Crippen molar-refractivity contribution in [1.29, 1.82) is 0 Å². The van der Waals surface area contributed by atoms with Crippen LogP contribution in [0.25, 0.3) is 5.76 Å². The third-order valence-electron chi connectivity index (χ3n) is 5.04. The van der Waals surface area contributed by atoms with Crippen molar-refractivity contribution in [2.24, 2.45) is 0 Å². The topological polar surface area (TPSA) is 94.5 Å². The van der Waals surface area contributed by atoms with Crippen molar-refractivity contribution in [2.75, 3.05) is 28.1 Å². The molecule has 8 heteroatoms. The Morgan fingerprint density at radius 1 is 1.03 bits per heavy atom. The number of likely N-dealkylation sites (tertiary alicyclic amines) is 1. The molecule has 0 spiro atoms. The first-order valence-electron chi connectivity index (χ1n) is 8.82. The van der Waals surface area contributed by atoms with E-state index in [2.05, 4.69) is 0 Å². The molecule has 1 atom stereocenters. The Bertz CT molecular complexity index is 1040. The zero-order valence-electron chi connectivity index (χ0n) is 16.1. The zero-order valence-corrected chi connectivity index (χ0v) is 16.1. The maximum absolute atomic E-state index is 12.7. The Hall–Kier alpha value is -3.68. The Morgan fingerprint density at radius 2 is 1.76 bits per heavy atom. The number of nitrogens with zero attached hydrogens (tertiary/aromatic N) is 1. The SMILES string of the molecule is COc1ccc(C2/C(=C(\O)c3ccc4c(c3)OCO4)C(=O)C(=O)N2C)cc1OC. The van der Waals surface area contributed by atoms with Crippen LogP contribution >= 0.6 is 0 Å². The average molecular weight is 397 g/mol. The lowest BCUT2D eigenvalue weighted by molar-refractivity contribution is -0.139. The summed E-state index contributed by atoms with van der Waals surface area (Å²) in [5.41, 5.74) is 0.946. The van der Waals surface area contributed by atoms with E-state index in [1.54, 1.807) is 36.4 Å². The molecule has 0 aromatic heterocycles. The van der Waals surface area contributed by atoms with Crippen LogP contribution in [0.1, 0.15) is 17.2 Å².